The van der Waals surface area contributed by atoms with Gasteiger partial charge in [-0.2, -0.15) is 0 Å². The molecule has 6 nitrogen and oxygen atoms in total. The topological polar surface area (TPSA) is 78.9 Å². The summed E-state index contributed by atoms with van der Waals surface area (Å²) in [5.74, 6) is -0.883. The number of esters is 3. The summed E-state index contributed by atoms with van der Waals surface area (Å²) < 4.78 is 16.8. The van der Waals surface area contributed by atoms with E-state index in [4.69, 9.17) is 14.2 Å². The number of hydrogen-bond acceptors (Lipinski definition) is 6. The number of carbonyl (C=O) groups excluding carboxylic acids is 3. The van der Waals surface area contributed by atoms with Gasteiger partial charge in [0, 0.05) is 19.3 Å². The van der Waals surface area contributed by atoms with Crippen molar-refractivity contribution in [3.63, 3.8) is 0 Å². The van der Waals surface area contributed by atoms with E-state index in [1.165, 1.54) is 161 Å². The maximum Gasteiger partial charge on any atom is 0.306 e. The summed E-state index contributed by atoms with van der Waals surface area (Å²) in [5, 5.41) is 0. The van der Waals surface area contributed by atoms with Gasteiger partial charge in [0.1, 0.15) is 13.2 Å². The van der Waals surface area contributed by atoms with Crippen molar-refractivity contribution in [3.05, 3.63) is 24.3 Å². The predicted octanol–water partition coefficient (Wildman–Crippen LogP) is 16.4. The molecule has 0 radical (unpaired) electrons. The monoisotopic (exact) mass is 817 g/mol. The van der Waals surface area contributed by atoms with Crippen LogP contribution in [0.4, 0.5) is 0 Å². The zero-order valence-corrected chi connectivity index (χ0v) is 38.8. The summed E-state index contributed by atoms with van der Waals surface area (Å²) in [6.45, 7) is 6.62. The second-order valence-corrected chi connectivity index (χ2v) is 17.1. The number of carbonyl (C=O) groups is 3. The van der Waals surface area contributed by atoms with E-state index in [0.29, 0.717) is 19.3 Å². The zero-order chi connectivity index (χ0) is 42.3. The summed E-state index contributed by atoms with van der Waals surface area (Å²) in [4.78, 5) is 37.8. The summed E-state index contributed by atoms with van der Waals surface area (Å²) in [6.07, 6.45) is 53.0. The van der Waals surface area contributed by atoms with Crippen LogP contribution in [0.2, 0.25) is 0 Å². The maximum absolute atomic E-state index is 12.8. The van der Waals surface area contributed by atoms with E-state index in [-0.39, 0.29) is 31.1 Å². The van der Waals surface area contributed by atoms with Gasteiger partial charge in [0.25, 0.3) is 0 Å². The van der Waals surface area contributed by atoms with Crippen LogP contribution in [-0.4, -0.2) is 37.2 Å². The van der Waals surface area contributed by atoms with Crippen molar-refractivity contribution in [2.75, 3.05) is 13.2 Å². The van der Waals surface area contributed by atoms with Gasteiger partial charge in [-0.15, -0.1) is 0 Å². The van der Waals surface area contributed by atoms with Crippen molar-refractivity contribution in [3.8, 4) is 0 Å². The first kappa shape index (κ1) is 55.9. The molecule has 0 saturated carbocycles. The first-order valence-corrected chi connectivity index (χ1v) is 25.3. The Morgan fingerprint density at radius 1 is 0.328 bits per heavy atom. The summed E-state index contributed by atoms with van der Waals surface area (Å²) in [6, 6.07) is 0. The third-order valence-corrected chi connectivity index (χ3v) is 11.2. The maximum atomic E-state index is 12.8. The second-order valence-electron chi connectivity index (χ2n) is 17.1. The lowest BCUT2D eigenvalue weighted by Crippen LogP contribution is -2.30. The SMILES string of the molecule is CCCCCCC/C=C\CCCCCCCC(=O)OC(COC(=O)CCCCCCC/C=C\CCCCCCCCC)COC(=O)CCCCCCCCCCCC. The molecule has 6 heteroatoms. The molecule has 0 spiro atoms. The van der Waals surface area contributed by atoms with Crippen LogP contribution in [0.25, 0.3) is 0 Å². The second kappa shape index (κ2) is 47.6. The summed E-state index contributed by atoms with van der Waals surface area (Å²) in [5.41, 5.74) is 0. The molecule has 1 unspecified atom stereocenters. The van der Waals surface area contributed by atoms with E-state index in [2.05, 4.69) is 45.1 Å². The van der Waals surface area contributed by atoms with Crippen molar-refractivity contribution in [1.82, 2.24) is 0 Å². The highest BCUT2D eigenvalue weighted by molar-refractivity contribution is 5.71. The largest absolute Gasteiger partial charge is 0.462 e. The molecule has 0 aliphatic rings. The van der Waals surface area contributed by atoms with Gasteiger partial charge in [0.05, 0.1) is 0 Å². The number of ether oxygens (including phenoxy) is 3. The minimum Gasteiger partial charge on any atom is -0.462 e. The predicted molar refractivity (Wildman–Crippen MR) is 247 cm³/mol. The van der Waals surface area contributed by atoms with Crippen LogP contribution in [0.3, 0.4) is 0 Å². The lowest BCUT2D eigenvalue weighted by molar-refractivity contribution is -0.167. The van der Waals surface area contributed by atoms with Crippen LogP contribution < -0.4 is 0 Å². The fourth-order valence-corrected chi connectivity index (χ4v) is 7.31. The van der Waals surface area contributed by atoms with Gasteiger partial charge >= 0.3 is 17.9 Å². The van der Waals surface area contributed by atoms with E-state index < -0.39 is 6.10 Å². The molecule has 0 rings (SSSR count). The number of unbranched alkanes of at least 4 members (excludes halogenated alkanes) is 31. The zero-order valence-electron chi connectivity index (χ0n) is 38.8. The molecule has 0 saturated heterocycles. The van der Waals surface area contributed by atoms with Crippen LogP contribution >= 0.6 is 0 Å². The molecule has 0 aromatic rings. The molecular formula is C52H96O6. The Labute approximate surface area is 360 Å². The van der Waals surface area contributed by atoms with Gasteiger partial charge in [-0.3, -0.25) is 14.4 Å². The molecular weight excluding hydrogens is 721 g/mol. The Balaban J connectivity index is 4.34. The molecule has 58 heavy (non-hydrogen) atoms. The first-order valence-electron chi connectivity index (χ1n) is 25.3. The Hall–Kier alpha value is -2.11. The molecule has 0 aliphatic heterocycles. The number of hydrogen-bond donors (Lipinski definition) is 0. The lowest BCUT2D eigenvalue weighted by atomic mass is 10.1. The van der Waals surface area contributed by atoms with Gasteiger partial charge in [-0.05, 0) is 70.6 Å². The van der Waals surface area contributed by atoms with Crippen LogP contribution in [0.15, 0.2) is 24.3 Å². The summed E-state index contributed by atoms with van der Waals surface area (Å²) >= 11 is 0. The van der Waals surface area contributed by atoms with Gasteiger partial charge in [0.2, 0.25) is 0 Å². The van der Waals surface area contributed by atoms with E-state index in [1.54, 1.807) is 0 Å². The Morgan fingerprint density at radius 3 is 0.862 bits per heavy atom. The minimum absolute atomic E-state index is 0.0740. The average molecular weight is 817 g/mol. The Morgan fingerprint density at radius 2 is 0.569 bits per heavy atom. The van der Waals surface area contributed by atoms with Crippen molar-refractivity contribution in [2.24, 2.45) is 0 Å². The van der Waals surface area contributed by atoms with E-state index in [9.17, 15) is 14.4 Å². The Kier molecular flexibility index (Phi) is 45.8. The highest BCUT2D eigenvalue weighted by atomic mass is 16.6. The highest BCUT2D eigenvalue weighted by Gasteiger charge is 2.19. The van der Waals surface area contributed by atoms with E-state index in [0.717, 1.165) is 70.6 Å². The van der Waals surface area contributed by atoms with Crippen molar-refractivity contribution >= 4 is 17.9 Å². The number of allylic oxidation sites excluding steroid dienone is 4. The molecule has 0 aliphatic carbocycles. The third-order valence-electron chi connectivity index (χ3n) is 11.2. The average Bonchev–Trinajstić information content (AvgIpc) is 3.22. The van der Waals surface area contributed by atoms with Crippen LogP contribution in [0, 0.1) is 0 Å². The fraction of sp³-hybridized carbons (Fsp3) is 0.865. The Bertz CT molecular complexity index is 942. The van der Waals surface area contributed by atoms with Crippen molar-refractivity contribution in [1.29, 1.82) is 0 Å². The normalized spacial score (nSPS) is 12.1. The van der Waals surface area contributed by atoms with Crippen LogP contribution in [0.5, 0.6) is 0 Å². The quantitative estimate of drug-likeness (QED) is 0.0263. The molecule has 0 heterocycles. The lowest BCUT2D eigenvalue weighted by Gasteiger charge is -2.18. The van der Waals surface area contributed by atoms with Gasteiger partial charge < -0.3 is 14.2 Å². The smallest absolute Gasteiger partial charge is 0.306 e. The van der Waals surface area contributed by atoms with Crippen LogP contribution in [0.1, 0.15) is 271 Å². The molecule has 0 fully saturated rings. The highest BCUT2D eigenvalue weighted by Crippen LogP contribution is 2.15. The van der Waals surface area contributed by atoms with Gasteiger partial charge in [-0.25, -0.2) is 0 Å². The number of rotatable bonds is 46. The fourth-order valence-electron chi connectivity index (χ4n) is 7.31. The third kappa shape index (κ3) is 45.0. The molecule has 0 bridgehead atoms. The van der Waals surface area contributed by atoms with Crippen molar-refractivity contribution < 1.29 is 28.6 Å². The molecule has 0 amide bonds. The van der Waals surface area contributed by atoms with Gasteiger partial charge in [0.15, 0.2) is 6.10 Å². The molecule has 0 aromatic heterocycles. The summed E-state index contributed by atoms with van der Waals surface area (Å²) in [7, 11) is 0. The minimum atomic E-state index is -0.773. The first-order chi connectivity index (χ1) is 28.5. The standard InChI is InChI=1S/C52H96O6/c1-4-7-10-13-16-19-22-24-26-27-29-30-33-36-39-42-45-51(54)57-48-49(47-56-50(53)44-41-38-35-32-21-18-15-12-9-6-3)58-52(55)46-43-40-37-34-31-28-25-23-20-17-14-11-8-5-2/h23,25-27,49H,4-22,24,28-48H2,1-3H3/b25-23-,27-26-. The molecule has 340 valence electrons. The van der Waals surface area contributed by atoms with E-state index >= 15 is 0 Å². The van der Waals surface area contributed by atoms with Crippen LogP contribution in [-0.2, 0) is 28.6 Å². The molecule has 0 aromatic carbocycles. The molecule has 0 N–H and O–H groups in total. The van der Waals surface area contributed by atoms with Gasteiger partial charge in [-0.1, -0.05) is 206 Å². The van der Waals surface area contributed by atoms with E-state index in [1.807, 2.05) is 0 Å². The van der Waals surface area contributed by atoms with Crippen molar-refractivity contribution in [2.45, 2.75) is 277 Å². The molecule has 1 atom stereocenters.